The molecule has 3 nitrogen and oxygen atoms in total. The lowest BCUT2D eigenvalue weighted by Crippen LogP contribution is -2.34. The molecule has 3 N–H and O–H groups in total. The van der Waals surface area contributed by atoms with Crippen LogP contribution in [0.1, 0.15) is 37.8 Å². The molecule has 21 heavy (non-hydrogen) atoms. The molecule has 2 unspecified atom stereocenters. The van der Waals surface area contributed by atoms with Crippen LogP contribution in [-0.4, -0.2) is 11.9 Å². The molecule has 0 heterocycles. The van der Waals surface area contributed by atoms with Crippen LogP contribution >= 0.6 is 0 Å². The van der Waals surface area contributed by atoms with Gasteiger partial charge in [0.2, 0.25) is 5.91 Å². The fourth-order valence-electron chi connectivity index (χ4n) is 2.91. The van der Waals surface area contributed by atoms with E-state index >= 15 is 0 Å². The Kier molecular flexibility index (Phi) is 3.93. The van der Waals surface area contributed by atoms with Crippen molar-refractivity contribution in [2.75, 3.05) is 0 Å². The summed E-state index contributed by atoms with van der Waals surface area (Å²) in [6, 6.07) is 14.5. The molecule has 110 valence electrons. The summed E-state index contributed by atoms with van der Waals surface area (Å²) in [5, 5.41) is 5.48. The Hall–Kier alpha value is -1.87. The van der Waals surface area contributed by atoms with E-state index in [9.17, 15) is 4.79 Å². The van der Waals surface area contributed by atoms with Crippen LogP contribution in [0.25, 0.3) is 10.8 Å². The average Bonchev–Trinajstić information content (AvgIpc) is 3.31. The molecule has 3 rings (SSSR count). The molecule has 1 fully saturated rings. The number of nitrogens with two attached hydrogens (primary N) is 1. The van der Waals surface area contributed by atoms with Crippen molar-refractivity contribution in [3.8, 4) is 0 Å². The van der Waals surface area contributed by atoms with Gasteiger partial charge in [0.25, 0.3) is 0 Å². The van der Waals surface area contributed by atoms with E-state index in [0.717, 1.165) is 5.56 Å². The van der Waals surface area contributed by atoms with Gasteiger partial charge in [-0.15, -0.1) is 0 Å². The molecule has 0 aliphatic heterocycles. The van der Waals surface area contributed by atoms with Crippen molar-refractivity contribution in [2.24, 2.45) is 11.7 Å². The maximum Gasteiger partial charge on any atom is 0.222 e. The van der Waals surface area contributed by atoms with Crippen molar-refractivity contribution < 1.29 is 4.79 Å². The largest absolute Gasteiger partial charge is 0.350 e. The number of fused-ring (bicyclic) bond motifs is 1. The summed E-state index contributed by atoms with van der Waals surface area (Å²) in [7, 11) is 0. The molecule has 1 amide bonds. The first-order chi connectivity index (χ1) is 10.1. The van der Waals surface area contributed by atoms with Crippen molar-refractivity contribution in [1.29, 1.82) is 0 Å². The molecule has 1 saturated carbocycles. The zero-order valence-corrected chi connectivity index (χ0v) is 12.4. The van der Waals surface area contributed by atoms with E-state index in [0.29, 0.717) is 12.3 Å². The van der Waals surface area contributed by atoms with E-state index in [1.54, 1.807) is 0 Å². The first kappa shape index (κ1) is 14.1. The van der Waals surface area contributed by atoms with Gasteiger partial charge in [0.1, 0.15) is 0 Å². The van der Waals surface area contributed by atoms with Crippen molar-refractivity contribution in [3.05, 3.63) is 48.0 Å². The quantitative estimate of drug-likeness (QED) is 0.885. The van der Waals surface area contributed by atoms with E-state index in [1.807, 2.05) is 25.1 Å². The maximum absolute atomic E-state index is 12.1. The molecule has 0 radical (unpaired) electrons. The van der Waals surface area contributed by atoms with Gasteiger partial charge < -0.3 is 11.1 Å². The molecule has 0 saturated heterocycles. The van der Waals surface area contributed by atoms with Crippen LogP contribution in [-0.2, 0) is 4.79 Å². The first-order valence-corrected chi connectivity index (χ1v) is 7.68. The summed E-state index contributed by atoms with van der Waals surface area (Å²) < 4.78 is 0. The lowest BCUT2D eigenvalue weighted by molar-refractivity contribution is -0.122. The number of hydrogen-bond donors (Lipinski definition) is 2. The monoisotopic (exact) mass is 282 g/mol. The summed E-state index contributed by atoms with van der Waals surface area (Å²) in [6.45, 7) is 2.03. The molecule has 3 heteroatoms. The van der Waals surface area contributed by atoms with Crippen LogP contribution in [0.2, 0.25) is 0 Å². The predicted octanol–water partition coefficient (Wildman–Crippen LogP) is 3.14. The van der Waals surface area contributed by atoms with Gasteiger partial charge in [-0.05, 0) is 42.0 Å². The molecule has 2 atom stereocenters. The molecule has 0 bridgehead atoms. The molecule has 2 aromatic rings. The number of rotatable bonds is 5. The zero-order chi connectivity index (χ0) is 14.8. The SMILES string of the molecule is CC(NC(=O)CC(N)C1CC1)c1cccc2ccccc12. The smallest absolute Gasteiger partial charge is 0.222 e. The summed E-state index contributed by atoms with van der Waals surface area (Å²) >= 11 is 0. The van der Waals surface area contributed by atoms with Gasteiger partial charge in [0.05, 0.1) is 6.04 Å². The lowest BCUT2D eigenvalue weighted by atomic mass is 9.99. The normalized spacial score (nSPS) is 17.4. The summed E-state index contributed by atoms with van der Waals surface area (Å²) in [5.41, 5.74) is 7.18. The molecule has 2 aromatic carbocycles. The topological polar surface area (TPSA) is 55.1 Å². The number of amides is 1. The fraction of sp³-hybridized carbons (Fsp3) is 0.389. The van der Waals surface area contributed by atoms with Crippen LogP contribution in [0, 0.1) is 5.92 Å². The number of nitrogens with one attached hydrogen (secondary N) is 1. The number of carbonyl (C=O) groups is 1. The average molecular weight is 282 g/mol. The third-order valence-corrected chi connectivity index (χ3v) is 4.32. The van der Waals surface area contributed by atoms with Gasteiger partial charge in [-0.3, -0.25) is 4.79 Å². The molecule has 1 aliphatic carbocycles. The highest BCUT2D eigenvalue weighted by Crippen LogP contribution is 2.33. The number of carbonyl (C=O) groups excluding carboxylic acids is 1. The van der Waals surface area contributed by atoms with Crippen molar-refractivity contribution in [2.45, 2.75) is 38.3 Å². The molecule has 0 aromatic heterocycles. The minimum absolute atomic E-state index is 0.00463. The second-order valence-corrected chi connectivity index (χ2v) is 6.06. The Morgan fingerprint density at radius 3 is 2.71 bits per heavy atom. The molecule has 0 spiro atoms. The third-order valence-electron chi connectivity index (χ3n) is 4.32. The van der Waals surface area contributed by atoms with E-state index in [4.69, 9.17) is 5.73 Å². The van der Waals surface area contributed by atoms with E-state index in [2.05, 4.69) is 29.6 Å². The van der Waals surface area contributed by atoms with Gasteiger partial charge in [-0.2, -0.15) is 0 Å². The van der Waals surface area contributed by atoms with E-state index in [1.165, 1.54) is 23.6 Å². The fourth-order valence-corrected chi connectivity index (χ4v) is 2.91. The minimum atomic E-state index is -0.00463. The van der Waals surface area contributed by atoms with Crippen LogP contribution in [0.4, 0.5) is 0 Å². The molecular formula is C18H22N2O. The first-order valence-electron chi connectivity index (χ1n) is 7.68. The van der Waals surface area contributed by atoms with Crippen molar-refractivity contribution in [1.82, 2.24) is 5.32 Å². The Morgan fingerprint density at radius 1 is 1.24 bits per heavy atom. The summed E-state index contributed by atoms with van der Waals surface area (Å²) in [6.07, 6.45) is 2.78. The summed E-state index contributed by atoms with van der Waals surface area (Å²) in [5.74, 6) is 0.610. The van der Waals surface area contributed by atoms with Crippen LogP contribution in [0.15, 0.2) is 42.5 Å². The molecule has 1 aliphatic rings. The molecular weight excluding hydrogens is 260 g/mol. The van der Waals surface area contributed by atoms with Crippen LogP contribution < -0.4 is 11.1 Å². The van der Waals surface area contributed by atoms with Gasteiger partial charge in [0.15, 0.2) is 0 Å². The van der Waals surface area contributed by atoms with Crippen LogP contribution in [0.3, 0.4) is 0 Å². The Bertz CT molecular complexity index is 643. The second kappa shape index (κ2) is 5.86. The number of hydrogen-bond acceptors (Lipinski definition) is 2. The maximum atomic E-state index is 12.1. The van der Waals surface area contributed by atoms with Gasteiger partial charge >= 0.3 is 0 Å². The number of benzene rings is 2. The second-order valence-electron chi connectivity index (χ2n) is 6.06. The van der Waals surface area contributed by atoms with Gasteiger partial charge in [-0.1, -0.05) is 42.5 Å². The highest BCUT2D eigenvalue weighted by Gasteiger charge is 2.30. The zero-order valence-electron chi connectivity index (χ0n) is 12.4. The van der Waals surface area contributed by atoms with Crippen molar-refractivity contribution in [3.63, 3.8) is 0 Å². The summed E-state index contributed by atoms with van der Waals surface area (Å²) in [4.78, 5) is 12.1. The van der Waals surface area contributed by atoms with Crippen LogP contribution in [0.5, 0.6) is 0 Å². The van der Waals surface area contributed by atoms with Gasteiger partial charge in [-0.25, -0.2) is 0 Å². The highest BCUT2D eigenvalue weighted by molar-refractivity contribution is 5.87. The predicted molar refractivity (Wildman–Crippen MR) is 85.8 cm³/mol. The van der Waals surface area contributed by atoms with E-state index in [-0.39, 0.29) is 18.0 Å². The van der Waals surface area contributed by atoms with E-state index < -0.39 is 0 Å². The Labute approximate surface area is 125 Å². The van der Waals surface area contributed by atoms with Crippen molar-refractivity contribution >= 4 is 16.7 Å². The standard InChI is InChI=1S/C18H22N2O/c1-12(20-18(21)11-17(19)14-9-10-14)15-8-4-6-13-5-2-3-7-16(13)15/h2-8,12,14,17H,9-11,19H2,1H3,(H,20,21). The van der Waals surface area contributed by atoms with Gasteiger partial charge in [0, 0.05) is 12.5 Å². The minimum Gasteiger partial charge on any atom is -0.350 e. The third kappa shape index (κ3) is 3.24. The Morgan fingerprint density at radius 2 is 1.95 bits per heavy atom. The highest BCUT2D eigenvalue weighted by atomic mass is 16.1. The Balaban J connectivity index is 1.71. The lowest BCUT2D eigenvalue weighted by Gasteiger charge is -2.18.